The normalized spacial score (nSPS) is 10.7. The van der Waals surface area contributed by atoms with E-state index in [2.05, 4.69) is 25.9 Å². The van der Waals surface area contributed by atoms with Crippen molar-refractivity contribution in [1.82, 2.24) is 15.6 Å². The number of benzene rings is 1. The first-order chi connectivity index (χ1) is 12.1. The second-order valence-corrected chi connectivity index (χ2v) is 5.87. The van der Waals surface area contributed by atoms with Gasteiger partial charge in [0.25, 0.3) is 0 Å². The van der Waals surface area contributed by atoms with Crippen LogP contribution in [-0.2, 0) is 11.3 Å². The SMILES string of the molecule is CN=C(NCCC(=O)Nc1ccc(C)cn1)NCc1ccccc1Cl.I. The zero-order valence-electron chi connectivity index (χ0n) is 14.8. The molecule has 1 amide bonds. The summed E-state index contributed by atoms with van der Waals surface area (Å²) < 4.78 is 0. The third-order valence-corrected chi connectivity index (χ3v) is 3.82. The first kappa shape index (κ1) is 22.2. The van der Waals surface area contributed by atoms with Crippen LogP contribution in [0.3, 0.4) is 0 Å². The Hall–Kier alpha value is -1.87. The van der Waals surface area contributed by atoms with Gasteiger partial charge >= 0.3 is 0 Å². The Labute approximate surface area is 175 Å². The summed E-state index contributed by atoms with van der Waals surface area (Å²) >= 11 is 6.12. The zero-order chi connectivity index (χ0) is 18.1. The molecule has 0 aliphatic heterocycles. The summed E-state index contributed by atoms with van der Waals surface area (Å²) in [6.07, 6.45) is 2.02. The average molecular weight is 488 g/mol. The largest absolute Gasteiger partial charge is 0.356 e. The lowest BCUT2D eigenvalue weighted by Crippen LogP contribution is -2.38. The third kappa shape index (κ3) is 7.57. The predicted molar refractivity (Wildman–Crippen MR) is 117 cm³/mol. The fourth-order valence-corrected chi connectivity index (χ4v) is 2.29. The number of nitrogens with one attached hydrogen (secondary N) is 3. The number of nitrogens with zero attached hydrogens (tertiary/aromatic N) is 2. The molecule has 0 saturated heterocycles. The topological polar surface area (TPSA) is 78.4 Å². The Kier molecular flexibility index (Phi) is 9.97. The van der Waals surface area contributed by atoms with E-state index in [1.165, 1.54) is 0 Å². The Bertz CT molecular complexity index is 737. The molecular formula is C18H23ClIN5O. The highest BCUT2D eigenvalue weighted by molar-refractivity contribution is 14.0. The molecule has 0 saturated carbocycles. The molecule has 140 valence electrons. The van der Waals surface area contributed by atoms with Crippen molar-refractivity contribution in [1.29, 1.82) is 0 Å². The summed E-state index contributed by atoms with van der Waals surface area (Å²) in [6.45, 7) is 2.96. The molecule has 0 atom stereocenters. The molecule has 0 aliphatic carbocycles. The van der Waals surface area contributed by atoms with Crippen LogP contribution in [-0.4, -0.2) is 30.4 Å². The number of hydrogen-bond acceptors (Lipinski definition) is 3. The van der Waals surface area contributed by atoms with Crippen LogP contribution in [0.4, 0.5) is 5.82 Å². The smallest absolute Gasteiger partial charge is 0.227 e. The molecule has 0 bridgehead atoms. The average Bonchev–Trinajstić information content (AvgIpc) is 2.61. The van der Waals surface area contributed by atoms with Crippen LogP contribution < -0.4 is 16.0 Å². The van der Waals surface area contributed by atoms with Crippen LogP contribution in [0.2, 0.25) is 5.02 Å². The van der Waals surface area contributed by atoms with Crippen molar-refractivity contribution in [2.24, 2.45) is 4.99 Å². The summed E-state index contributed by atoms with van der Waals surface area (Å²) in [6, 6.07) is 11.3. The van der Waals surface area contributed by atoms with Gasteiger partial charge in [-0.3, -0.25) is 9.79 Å². The van der Waals surface area contributed by atoms with Crippen molar-refractivity contribution >= 4 is 53.3 Å². The highest BCUT2D eigenvalue weighted by Crippen LogP contribution is 2.14. The van der Waals surface area contributed by atoms with Gasteiger partial charge in [-0.15, -0.1) is 24.0 Å². The van der Waals surface area contributed by atoms with Gasteiger partial charge in [0.2, 0.25) is 5.91 Å². The number of pyridine rings is 1. The minimum Gasteiger partial charge on any atom is -0.356 e. The molecule has 0 aliphatic rings. The van der Waals surface area contributed by atoms with Crippen LogP contribution >= 0.6 is 35.6 Å². The number of halogens is 2. The summed E-state index contributed by atoms with van der Waals surface area (Å²) in [7, 11) is 1.68. The molecular weight excluding hydrogens is 465 g/mol. The molecule has 0 unspecified atom stereocenters. The predicted octanol–water partition coefficient (Wildman–Crippen LogP) is 3.36. The first-order valence-electron chi connectivity index (χ1n) is 7.99. The molecule has 8 heteroatoms. The Morgan fingerprint density at radius 1 is 1.19 bits per heavy atom. The van der Waals surface area contributed by atoms with Gasteiger partial charge < -0.3 is 16.0 Å². The van der Waals surface area contributed by atoms with Gasteiger partial charge in [-0.1, -0.05) is 35.9 Å². The molecule has 3 N–H and O–H groups in total. The number of amides is 1. The van der Waals surface area contributed by atoms with E-state index in [0.717, 1.165) is 11.1 Å². The summed E-state index contributed by atoms with van der Waals surface area (Å²) in [5.74, 6) is 1.06. The second-order valence-electron chi connectivity index (χ2n) is 5.46. The maximum Gasteiger partial charge on any atom is 0.227 e. The van der Waals surface area contributed by atoms with Crippen molar-refractivity contribution in [2.75, 3.05) is 18.9 Å². The van der Waals surface area contributed by atoms with Crippen LogP contribution in [0.1, 0.15) is 17.5 Å². The number of aryl methyl sites for hydroxylation is 1. The molecule has 2 rings (SSSR count). The van der Waals surface area contributed by atoms with Gasteiger partial charge in [-0.05, 0) is 30.2 Å². The van der Waals surface area contributed by atoms with Gasteiger partial charge in [0, 0.05) is 37.8 Å². The maximum atomic E-state index is 11.9. The highest BCUT2D eigenvalue weighted by atomic mass is 127. The van der Waals surface area contributed by atoms with E-state index in [9.17, 15) is 4.79 Å². The number of guanidine groups is 1. The van der Waals surface area contributed by atoms with Crippen molar-refractivity contribution in [3.05, 3.63) is 58.7 Å². The number of hydrogen-bond donors (Lipinski definition) is 3. The highest BCUT2D eigenvalue weighted by Gasteiger charge is 2.05. The zero-order valence-corrected chi connectivity index (χ0v) is 17.8. The standard InChI is InChI=1S/C18H22ClN5O.HI/c1-13-7-8-16(22-11-13)24-17(25)9-10-21-18(20-2)23-12-14-5-3-4-6-15(14)19;/h3-8,11H,9-10,12H2,1-2H3,(H2,20,21,23)(H,22,24,25);1H. The van der Waals surface area contributed by atoms with Gasteiger partial charge in [0.15, 0.2) is 5.96 Å². The molecule has 0 spiro atoms. The van der Waals surface area contributed by atoms with Gasteiger partial charge in [0.1, 0.15) is 5.82 Å². The molecule has 2 aromatic rings. The first-order valence-corrected chi connectivity index (χ1v) is 8.36. The van der Waals surface area contributed by atoms with Gasteiger partial charge in [-0.2, -0.15) is 0 Å². The number of carbonyl (C=O) groups is 1. The van der Waals surface area contributed by atoms with Crippen LogP contribution in [0.25, 0.3) is 0 Å². The van der Waals surface area contributed by atoms with Crippen molar-refractivity contribution in [2.45, 2.75) is 19.9 Å². The van der Waals surface area contributed by atoms with E-state index in [-0.39, 0.29) is 29.9 Å². The van der Waals surface area contributed by atoms with E-state index < -0.39 is 0 Å². The second kappa shape index (κ2) is 11.7. The van der Waals surface area contributed by atoms with E-state index >= 15 is 0 Å². The number of rotatable bonds is 6. The molecule has 1 aromatic heterocycles. The Balaban J connectivity index is 0.00000338. The number of aromatic nitrogens is 1. The molecule has 1 aromatic carbocycles. The monoisotopic (exact) mass is 487 g/mol. The number of carbonyl (C=O) groups excluding carboxylic acids is 1. The van der Waals surface area contributed by atoms with Crippen molar-refractivity contribution in [3.8, 4) is 0 Å². The lowest BCUT2D eigenvalue weighted by atomic mass is 10.2. The molecule has 1 heterocycles. The summed E-state index contributed by atoms with van der Waals surface area (Å²) in [4.78, 5) is 20.2. The minimum atomic E-state index is -0.106. The van der Waals surface area contributed by atoms with Gasteiger partial charge in [0.05, 0.1) is 0 Å². The Morgan fingerprint density at radius 3 is 2.62 bits per heavy atom. The van der Waals surface area contributed by atoms with E-state index in [1.807, 2.05) is 37.3 Å². The minimum absolute atomic E-state index is 0. The lowest BCUT2D eigenvalue weighted by Gasteiger charge is -2.12. The molecule has 26 heavy (non-hydrogen) atoms. The van der Waals surface area contributed by atoms with E-state index in [4.69, 9.17) is 11.6 Å². The summed E-state index contributed by atoms with van der Waals surface area (Å²) in [5.41, 5.74) is 2.03. The molecule has 6 nitrogen and oxygen atoms in total. The molecule has 0 radical (unpaired) electrons. The van der Waals surface area contributed by atoms with Crippen molar-refractivity contribution in [3.63, 3.8) is 0 Å². The fourth-order valence-electron chi connectivity index (χ4n) is 2.08. The third-order valence-electron chi connectivity index (χ3n) is 3.45. The number of anilines is 1. The van der Waals surface area contributed by atoms with E-state index in [1.54, 1.807) is 19.3 Å². The maximum absolute atomic E-state index is 11.9. The molecule has 0 fully saturated rings. The fraction of sp³-hybridized carbons (Fsp3) is 0.278. The Morgan fingerprint density at radius 2 is 1.96 bits per heavy atom. The van der Waals surface area contributed by atoms with Crippen LogP contribution in [0.15, 0.2) is 47.6 Å². The van der Waals surface area contributed by atoms with E-state index in [0.29, 0.717) is 36.3 Å². The van der Waals surface area contributed by atoms with Crippen LogP contribution in [0, 0.1) is 6.92 Å². The summed E-state index contributed by atoms with van der Waals surface area (Å²) in [5, 5.41) is 9.73. The lowest BCUT2D eigenvalue weighted by molar-refractivity contribution is -0.116. The van der Waals surface area contributed by atoms with Crippen LogP contribution in [0.5, 0.6) is 0 Å². The van der Waals surface area contributed by atoms with Gasteiger partial charge in [-0.25, -0.2) is 4.98 Å². The number of aliphatic imine (C=N–C) groups is 1. The quantitative estimate of drug-likeness (QED) is 0.332. The van der Waals surface area contributed by atoms with Crippen molar-refractivity contribution < 1.29 is 4.79 Å².